The number of carboxylic acids is 2. The van der Waals surface area contributed by atoms with E-state index < -0.39 is 11.9 Å². The Morgan fingerprint density at radius 3 is 0.765 bits per heavy atom. The Hall–Kier alpha value is -0.568. The molecule has 0 aromatic carbocycles. The fraction of sp³-hybridized carbons (Fsp3) is 0.929. The molecule has 5 nitrogen and oxygen atoms in total. The van der Waals surface area contributed by atoms with Gasteiger partial charge in [0, 0.05) is 11.9 Å². The Morgan fingerprint density at radius 2 is 0.588 bits per heavy atom. The molecule has 200 valence electrons. The van der Waals surface area contributed by atoms with E-state index in [1.54, 1.807) is 0 Å². The van der Waals surface area contributed by atoms with Crippen molar-refractivity contribution < 1.29 is 25.3 Å². The summed E-state index contributed by atoms with van der Waals surface area (Å²) < 4.78 is 0. The molecule has 0 spiro atoms. The molecule has 0 unspecified atom stereocenters. The molecule has 0 aromatic rings. The topological polar surface area (TPSA) is 110 Å². The first-order valence-electron chi connectivity index (χ1n) is 13.9. The standard InChI is InChI=1S/2C14H28O2.Al.H2O/c2*1-2-3-4-5-6-7-8-9-10-11-12-13-14(15)16;;/h2*2-13H2,1H3,(H,15,16);;1H2/q;;+3;/p-3. The van der Waals surface area contributed by atoms with E-state index >= 15 is 0 Å². The first-order valence-corrected chi connectivity index (χ1v) is 13.9. The van der Waals surface area contributed by atoms with E-state index in [-0.39, 0.29) is 35.7 Å². The Balaban J connectivity index is -0.000000250. The minimum atomic E-state index is -0.907. The van der Waals surface area contributed by atoms with Gasteiger partial charge < -0.3 is 25.3 Å². The number of carboxylic acid groups (broad SMARTS) is 2. The van der Waals surface area contributed by atoms with Crippen LogP contribution in [0.3, 0.4) is 0 Å². The van der Waals surface area contributed by atoms with Gasteiger partial charge >= 0.3 is 17.4 Å². The molecular weight excluding hydrogens is 443 g/mol. The third-order valence-electron chi connectivity index (χ3n) is 5.97. The summed E-state index contributed by atoms with van der Waals surface area (Å²) in [6.45, 7) is 4.49. The van der Waals surface area contributed by atoms with Crippen LogP contribution in [0.25, 0.3) is 0 Å². The van der Waals surface area contributed by atoms with Gasteiger partial charge in [0.2, 0.25) is 0 Å². The number of unbranched alkanes of at least 4 members (excludes halogenated alkanes) is 20. The minimum absolute atomic E-state index is 0. The molecule has 0 bridgehead atoms. The zero-order valence-corrected chi connectivity index (χ0v) is 23.8. The SMILES string of the molecule is CCCCCCCCCCCCCC(=O)[O-].CCCCCCCCCCCCCC(=O)[O-].[Al+3].[OH-]. The van der Waals surface area contributed by atoms with Crippen molar-refractivity contribution in [3.63, 3.8) is 0 Å². The van der Waals surface area contributed by atoms with Gasteiger partial charge in [0.05, 0.1) is 0 Å². The third-order valence-corrected chi connectivity index (χ3v) is 5.97. The molecule has 0 aromatic heterocycles. The molecule has 0 fully saturated rings. The van der Waals surface area contributed by atoms with Crippen LogP contribution < -0.4 is 10.2 Å². The second-order valence-corrected chi connectivity index (χ2v) is 9.32. The maximum Gasteiger partial charge on any atom is 3.00 e. The number of aliphatic carboxylic acids is 2. The van der Waals surface area contributed by atoms with Crippen LogP contribution in [-0.2, 0) is 9.59 Å². The molecule has 0 saturated heterocycles. The Labute approximate surface area is 222 Å². The zero-order valence-electron chi connectivity index (χ0n) is 22.6. The largest absolute Gasteiger partial charge is 3.00 e. The van der Waals surface area contributed by atoms with Gasteiger partial charge in [-0.05, 0) is 25.7 Å². The van der Waals surface area contributed by atoms with E-state index in [4.69, 9.17) is 0 Å². The van der Waals surface area contributed by atoms with Crippen LogP contribution in [0.5, 0.6) is 0 Å². The molecule has 0 aliphatic rings. The quantitative estimate of drug-likeness (QED) is 0.114. The van der Waals surface area contributed by atoms with E-state index in [0.29, 0.717) is 0 Å². The number of hydrogen-bond donors (Lipinski definition) is 0. The molecule has 0 radical (unpaired) electrons. The summed E-state index contributed by atoms with van der Waals surface area (Å²) in [5.41, 5.74) is 0. The van der Waals surface area contributed by atoms with Crippen LogP contribution in [0.15, 0.2) is 0 Å². The normalized spacial score (nSPS) is 9.94. The molecule has 6 heteroatoms. The van der Waals surface area contributed by atoms with Crippen LogP contribution in [0.4, 0.5) is 0 Å². The van der Waals surface area contributed by atoms with Crippen molar-refractivity contribution in [3.8, 4) is 0 Å². The summed E-state index contributed by atoms with van der Waals surface area (Å²) in [6, 6.07) is 0. The molecule has 0 saturated carbocycles. The molecule has 1 N–H and O–H groups in total. The molecular formula is C28H55AlO5. The van der Waals surface area contributed by atoms with Crippen molar-refractivity contribution >= 4 is 29.3 Å². The van der Waals surface area contributed by atoms with Gasteiger partial charge in [0.15, 0.2) is 0 Å². The first-order chi connectivity index (χ1) is 15.5. The van der Waals surface area contributed by atoms with Crippen LogP contribution in [0, 0.1) is 0 Å². The van der Waals surface area contributed by atoms with Gasteiger partial charge in [0.1, 0.15) is 0 Å². The second-order valence-electron chi connectivity index (χ2n) is 9.32. The van der Waals surface area contributed by atoms with Crippen molar-refractivity contribution in [2.24, 2.45) is 0 Å². The smallest absolute Gasteiger partial charge is 0.870 e. The number of carbonyl (C=O) groups is 2. The van der Waals surface area contributed by atoms with Crippen LogP contribution >= 0.6 is 0 Å². The van der Waals surface area contributed by atoms with Gasteiger partial charge in [-0.25, -0.2) is 0 Å². The van der Waals surface area contributed by atoms with Crippen molar-refractivity contribution in [2.45, 2.75) is 168 Å². The first kappa shape index (κ1) is 40.6. The van der Waals surface area contributed by atoms with Gasteiger partial charge in [-0.1, -0.05) is 142 Å². The predicted octanol–water partition coefficient (Wildman–Crippen LogP) is 6.32. The molecule has 0 amide bonds. The van der Waals surface area contributed by atoms with Gasteiger partial charge in [-0.2, -0.15) is 0 Å². The number of hydrogen-bond acceptors (Lipinski definition) is 5. The second kappa shape index (κ2) is 37.0. The fourth-order valence-corrected chi connectivity index (χ4v) is 3.87. The van der Waals surface area contributed by atoms with Gasteiger partial charge in [-0.15, -0.1) is 0 Å². The minimum Gasteiger partial charge on any atom is -0.870 e. The third kappa shape index (κ3) is 45.0. The maximum atomic E-state index is 10.1. The number of rotatable bonds is 24. The van der Waals surface area contributed by atoms with Crippen molar-refractivity contribution in [2.75, 3.05) is 0 Å². The summed E-state index contributed by atoms with van der Waals surface area (Å²) in [6.07, 6.45) is 28.1. The Bertz CT molecular complexity index is 355. The van der Waals surface area contributed by atoms with E-state index in [9.17, 15) is 19.8 Å². The van der Waals surface area contributed by atoms with Crippen molar-refractivity contribution in [1.29, 1.82) is 0 Å². The van der Waals surface area contributed by atoms with Crippen molar-refractivity contribution in [1.82, 2.24) is 0 Å². The van der Waals surface area contributed by atoms with E-state index in [1.807, 2.05) is 0 Å². The average molecular weight is 499 g/mol. The van der Waals surface area contributed by atoms with Crippen LogP contribution in [0.1, 0.15) is 168 Å². The molecule has 0 heterocycles. The van der Waals surface area contributed by atoms with E-state index in [0.717, 1.165) is 25.7 Å². The summed E-state index contributed by atoms with van der Waals surface area (Å²) in [5.74, 6) is -1.81. The maximum absolute atomic E-state index is 10.1. The van der Waals surface area contributed by atoms with Crippen LogP contribution in [-0.4, -0.2) is 34.8 Å². The molecule has 0 rings (SSSR count). The van der Waals surface area contributed by atoms with E-state index in [2.05, 4.69) is 13.8 Å². The molecule has 0 aliphatic heterocycles. The fourth-order valence-electron chi connectivity index (χ4n) is 3.87. The monoisotopic (exact) mass is 498 g/mol. The molecule has 0 aliphatic carbocycles. The Morgan fingerprint density at radius 1 is 0.412 bits per heavy atom. The Kier molecular flexibility index (Phi) is 44.2. The summed E-state index contributed by atoms with van der Waals surface area (Å²) >= 11 is 0. The van der Waals surface area contributed by atoms with Crippen molar-refractivity contribution in [3.05, 3.63) is 0 Å². The van der Waals surface area contributed by atoms with Gasteiger partial charge in [0.25, 0.3) is 0 Å². The summed E-state index contributed by atoms with van der Waals surface area (Å²) in [7, 11) is 0. The summed E-state index contributed by atoms with van der Waals surface area (Å²) in [4.78, 5) is 20.3. The molecule has 0 atom stereocenters. The predicted molar refractivity (Wildman–Crippen MR) is 140 cm³/mol. The van der Waals surface area contributed by atoms with Gasteiger partial charge in [-0.3, -0.25) is 0 Å². The zero-order chi connectivity index (χ0) is 24.1. The average Bonchev–Trinajstić information content (AvgIpc) is 2.76. The summed E-state index contributed by atoms with van der Waals surface area (Å²) in [5, 5.41) is 20.3. The molecule has 34 heavy (non-hydrogen) atoms. The van der Waals surface area contributed by atoms with E-state index in [1.165, 1.54) is 116 Å². The number of carbonyl (C=O) groups excluding carboxylic acids is 2. The van der Waals surface area contributed by atoms with Crippen LogP contribution in [0.2, 0.25) is 0 Å².